The fourth-order valence-corrected chi connectivity index (χ4v) is 3.16. The summed E-state index contributed by atoms with van der Waals surface area (Å²) in [5.41, 5.74) is 2.85. The molecule has 0 fully saturated rings. The Morgan fingerprint density at radius 3 is 2.84 bits per heavy atom. The van der Waals surface area contributed by atoms with Crippen LogP contribution in [0.5, 0.6) is 0 Å². The highest BCUT2D eigenvalue weighted by atomic mass is 32.2. The molecule has 19 heavy (non-hydrogen) atoms. The van der Waals surface area contributed by atoms with Crippen LogP contribution in [0.3, 0.4) is 0 Å². The monoisotopic (exact) mass is 294 g/mol. The van der Waals surface area contributed by atoms with Crippen molar-refractivity contribution >= 4 is 23.1 Å². The lowest BCUT2D eigenvalue weighted by Gasteiger charge is -2.16. The molecule has 2 rings (SSSR count). The molecule has 2 aromatic heterocycles. The van der Waals surface area contributed by atoms with E-state index in [0.717, 1.165) is 34.3 Å². The Morgan fingerprint density at radius 2 is 2.26 bits per heavy atom. The van der Waals surface area contributed by atoms with E-state index in [1.807, 2.05) is 6.20 Å². The topological polar surface area (TPSA) is 50.7 Å². The molecule has 4 nitrogen and oxygen atoms in total. The van der Waals surface area contributed by atoms with Crippen LogP contribution in [0.25, 0.3) is 0 Å². The van der Waals surface area contributed by atoms with Gasteiger partial charge >= 0.3 is 0 Å². The summed E-state index contributed by atoms with van der Waals surface area (Å²) in [4.78, 5) is 5.66. The molecule has 6 heteroatoms. The molecule has 2 heterocycles. The second-order valence-electron chi connectivity index (χ2n) is 4.14. The van der Waals surface area contributed by atoms with Gasteiger partial charge in [0.2, 0.25) is 0 Å². The van der Waals surface area contributed by atoms with Crippen LogP contribution in [0.2, 0.25) is 0 Å². The summed E-state index contributed by atoms with van der Waals surface area (Å²) < 4.78 is 0.950. The standard InChI is InChI=1S/C13H18N4S2/c1-3-7-14-11(4-2)12-6-5-10(8-15-12)19-13-17-16-9-18-13/h5-6,8-9,11,14H,3-4,7H2,1-2H3. The number of aromatic nitrogens is 3. The minimum absolute atomic E-state index is 0.348. The van der Waals surface area contributed by atoms with E-state index >= 15 is 0 Å². The Morgan fingerprint density at radius 1 is 1.37 bits per heavy atom. The third-order valence-corrected chi connectivity index (χ3v) is 4.47. The van der Waals surface area contributed by atoms with Crippen molar-refractivity contribution in [1.82, 2.24) is 20.5 Å². The Labute approximate surface area is 122 Å². The van der Waals surface area contributed by atoms with Crippen LogP contribution in [0, 0.1) is 0 Å². The predicted molar refractivity (Wildman–Crippen MR) is 79.6 cm³/mol. The first-order valence-electron chi connectivity index (χ1n) is 6.46. The van der Waals surface area contributed by atoms with Crippen molar-refractivity contribution in [3.05, 3.63) is 29.5 Å². The number of hydrogen-bond donors (Lipinski definition) is 1. The third kappa shape index (κ3) is 4.26. The molecule has 0 radical (unpaired) electrons. The SMILES string of the molecule is CCCNC(CC)c1ccc(Sc2nncs2)cn1. The van der Waals surface area contributed by atoms with Gasteiger partial charge in [-0.05, 0) is 31.5 Å². The van der Waals surface area contributed by atoms with Crippen LogP contribution in [0.4, 0.5) is 0 Å². The fraction of sp³-hybridized carbons (Fsp3) is 0.462. The van der Waals surface area contributed by atoms with E-state index in [1.54, 1.807) is 28.6 Å². The first kappa shape index (κ1) is 14.4. The molecule has 0 saturated carbocycles. The van der Waals surface area contributed by atoms with E-state index in [9.17, 15) is 0 Å². The van der Waals surface area contributed by atoms with E-state index < -0.39 is 0 Å². The second kappa shape index (κ2) is 7.57. The van der Waals surface area contributed by atoms with E-state index in [-0.39, 0.29) is 0 Å². The van der Waals surface area contributed by atoms with Gasteiger partial charge in [0.1, 0.15) is 5.51 Å². The van der Waals surface area contributed by atoms with Crippen LogP contribution >= 0.6 is 23.1 Å². The largest absolute Gasteiger partial charge is 0.309 e. The molecule has 1 unspecified atom stereocenters. The van der Waals surface area contributed by atoms with Crippen molar-refractivity contribution in [1.29, 1.82) is 0 Å². The van der Waals surface area contributed by atoms with Crippen LogP contribution < -0.4 is 5.32 Å². The lowest BCUT2D eigenvalue weighted by molar-refractivity contribution is 0.507. The van der Waals surface area contributed by atoms with E-state index in [0.29, 0.717) is 6.04 Å². The fourth-order valence-electron chi connectivity index (χ4n) is 1.74. The van der Waals surface area contributed by atoms with Gasteiger partial charge in [0.05, 0.1) is 5.69 Å². The minimum Gasteiger partial charge on any atom is -0.309 e. The van der Waals surface area contributed by atoms with Crippen molar-refractivity contribution in [3.63, 3.8) is 0 Å². The molecule has 0 bridgehead atoms. The van der Waals surface area contributed by atoms with Gasteiger partial charge in [-0.3, -0.25) is 4.98 Å². The van der Waals surface area contributed by atoms with Gasteiger partial charge in [-0.15, -0.1) is 10.2 Å². The van der Waals surface area contributed by atoms with Gasteiger partial charge in [-0.25, -0.2) is 0 Å². The lowest BCUT2D eigenvalue weighted by atomic mass is 10.1. The summed E-state index contributed by atoms with van der Waals surface area (Å²) in [7, 11) is 0. The van der Waals surface area contributed by atoms with Crippen molar-refractivity contribution in [2.24, 2.45) is 0 Å². The number of hydrogen-bond acceptors (Lipinski definition) is 6. The molecule has 0 saturated heterocycles. The van der Waals surface area contributed by atoms with Gasteiger partial charge in [-0.2, -0.15) is 0 Å². The molecule has 1 N–H and O–H groups in total. The summed E-state index contributed by atoms with van der Waals surface area (Å²) >= 11 is 3.15. The maximum Gasteiger partial charge on any atom is 0.178 e. The Bertz CT molecular complexity index is 470. The van der Waals surface area contributed by atoms with Crippen molar-refractivity contribution in [2.75, 3.05) is 6.54 Å². The summed E-state index contributed by atoms with van der Waals surface area (Å²) in [6.07, 6.45) is 4.11. The van der Waals surface area contributed by atoms with Gasteiger partial charge in [0.15, 0.2) is 4.34 Å². The number of rotatable bonds is 7. The maximum atomic E-state index is 4.56. The molecule has 0 aliphatic rings. The molecule has 1 atom stereocenters. The van der Waals surface area contributed by atoms with E-state index in [4.69, 9.17) is 0 Å². The predicted octanol–water partition coefficient (Wildman–Crippen LogP) is 3.54. The van der Waals surface area contributed by atoms with Gasteiger partial charge in [0, 0.05) is 17.1 Å². The summed E-state index contributed by atoms with van der Waals surface area (Å²) in [5, 5.41) is 11.4. The van der Waals surface area contributed by atoms with E-state index in [2.05, 4.69) is 46.5 Å². The average Bonchev–Trinajstić information content (AvgIpc) is 2.94. The molecular weight excluding hydrogens is 276 g/mol. The highest BCUT2D eigenvalue weighted by molar-refractivity contribution is 8.01. The van der Waals surface area contributed by atoms with Crippen LogP contribution in [-0.2, 0) is 0 Å². The first-order chi connectivity index (χ1) is 9.33. The number of nitrogens with one attached hydrogen (secondary N) is 1. The zero-order valence-electron chi connectivity index (χ0n) is 11.2. The minimum atomic E-state index is 0.348. The average molecular weight is 294 g/mol. The van der Waals surface area contributed by atoms with Crippen molar-refractivity contribution in [2.45, 2.75) is 42.0 Å². The second-order valence-corrected chi connectivity index (χ2v) is 6.29. The summed E-state index contributed by atoms with van der Waals surface area (Å²) in [6, 6.07) is 4.55. The molecule has 0 spiro atoms. The Balaban J connectivity index is 2.00. The van der Waals surface area contributed by atoms with Crippen molar-refractivity contribution in [3.8, 4) is 0 Å². The highest BCUT2D eigenvalue weighted by Gasteiger charge is 2.10. The number of nitrogens with zero attached hydrogens (tertiary/aromatic N) is 3. The Hall–Kier alpha value is -0.980. The summed E-state index contributed by atoms with van der Waals surface area (Å²) in [5.74, 6) is 0. The van der Waals surface area contributed by atoms with Crippen LogP contribution in [0.15, 0.2) is 33.1 Å². The summed E-state index contributed by atoms with van der Waals surface area (Å²) in [6.45, 7) is 5.38. The molecule has 0 aromatic carbocycles. The molecule has 0 aliphatic carbocycles. The Kier molecular flexibility index (Phi) is 5.75. The smallest absolute Gasteiger partial charge is 0.178 e. The molecule has 0 amide bonds. The highest BCUT2D eigenvalue weighted by Crippen LogP contribution is 2.28. The lowest BCUT2D eigenvalue weighted by Crippen LogP contribution is -2.22. The molecule has 102 valence electrons. The van der Waals surface area contributed by atoms with Crippen molar-refractivity contribution < 1.29 is 0 Å². The number of pyridine rings is 1. The molecule has 2 aromatic rings. The van der Waals surface area contributed by atoms with Gasteiger partial charge in [-0.1, -0.05) is 36.9 Å². The normalized spacial score (nSPS) is 12.5. The van der Waals surface area contributed by atoms with Crippen LogP contribution in [0.1, 0.15) is 38.4 Å². The zero-order chi connectivity index (χ0) is 13.5. The maximum absolute atomic E-state index is 4.56. The third-order valence-electron chi connectivity index (χ3n) is 2.71. The molecular formula is C13H18N4S2. The van der Waals surface area contributed by atoms with Crippen LogP contribution in [-0.4, -0.2) is 21.7 Å². The van der Waals surface area contributed by atoms with Gasteiger partial charge < -0.3 is 5.32 Å². The first-order valence-corrected chi connectivity index (χ1v) is 8.16. The molecule has 0 aliphatic heterocycles. The quantitative estimate of drug-likeness (QED) is 0.846. The van der Waals surface area contributed by atoms with Gasteiger partial charge in [0.25, 0.3) is 0 Å². The van der Waals surface area contributed by atoms with E-state index in [1.165, 1.54) is 0 Å². The zero-order valence-corrected chi connectivity index (χ0v) is 12.8.